The SMILES string of the molecule is CNC(O)C1=CN(C(=O)c2ccc(F)cc2)CC(C)(C)c2c1n[nH]c2C. The molecule has 1 unspecified atom stereocenters. The first kappa shape index (κ1) is 18.3. The molecule has 6 nitrogen and oxygen atoms in total. The highest BCUT2D eigenvalue weighted by atomic mass is 19.1. The number of likely N-dealkylation sites (N-methyl/N-ethyl adjacent to an activating group) is 1. The standard InChI is InChI=1S/C19H23FN4O2/c1-11-15-16(23-22-11)14(17(25)21-4)9-24(10-19(15,2)3)18(26)12-5-7-13(20)8-6-12/h5-9,17,21,25H,10H2,1-4H3,(H,22,23). The summed E-state index contributed by atoms with van der Waals surface area (Å²) in [5.74, 6) is -0.652. The van der Waals surface area contributed by atoms with Gasteiger partial charge in [-0.15, -0.1) is 0 Å². The van der Waals surface area contributed by atoms with Crippen LogP contribution in [-0.4, -0.2) is 45.9 Å². The lowest BCUT2D eigenvalue weighted by atomic mass is 9.82. The van der Waals surface area contributed by atoms with E-state index in [4.69, 9.17) is 0 Å². The largest absolute Gasteiger partial charge is 0.374 e. The Morgan fingerprint density at radius 1 is 1.38 bits per heavy atom. The van der Waals surface area contributed by atoms with Gasteiger partial charge < -0.3 is 10.0 Å². The van der Waals surface area contributed by atoms with Gasteiger partial charge in [0.05, 0.1) is 5.69 Å². The van der Waals surface area contributed by atoms with E-state index in [0.717, 1.165) is 11.3 Å². The van der Waals surface area contributed by atoms with Crippen molar-refractivity contribution < 1.29 is 14.3 Å². The van der Waals surface area contributed by atoms with Crippen molar-refractivity contribution in [2.24, 2.45) is 0 Å². The molecule has 2 heterocycles. The molecule has 3 N–H and O–H groups in total. The van der Waals surface area contributed by atoms with Crippen LogP contribution in [0.4, 0.5) is 4.39 Å². The number of nitrogens with one attached hydrogen (secondary N) is 2. The van der Waals surface area contributed by atoms with Crippen molar-refractivity contribution in [3.8, 4) is 0 Å². The van der Waals surface area contributed by atoms with Crippen LogP contribution in [0.25, 0.3) is 5.57 Å². The van der Waals surface area contributed by atoms with E-state index in [1.165, 1.54) is 24.3 Å². The van der Waals surface area contributed by atoms with E-state index in [2.05, 4.69) is 15.5 Å². The van der Waals surface area contributed by atoms with E-state index in [9.17, 15) is 14.3 Å². The maximum atomic E-state index is 13.2. The van der Waals surface area contributed by atoms with Crippen molar-refractivity contribution in [1.29, 1.82) is 0 Å². The first-order valence-electron chi connectivity index (χ1n) is 8.44. The number of carbonyl (C=O) groups is 1. The first-order chi connectivity index (χ1) is 12.2. The Bertz CT molecular complexity index is 855. The molecule has 1 amide bonds. The number of aliphatic hydroxyl groups excluding tert-OH is 1. The van der Waals surface area contributed by atoms with Gasteiger partial charge in [-0.2, -0.15) is 5.10 Å². The minimum absolute atomic E-state index is 0.259. The minimum atomic E-state index is -0.978. The fourth-order valence-electron chi connectivity index (χ4n) is 3.49. The number of carbonyl (C=O) groups excluding carboxylic acids is 1. The van der Waals surface area contributed by atoms with E-state index in [1.54, 1.807) is 18.1 Å². The second-order valence-corrected chi connectivity index (χ2v) is 7.17. The lowest BCUT2D eigenvalue weighted by Gasteiger charge is -2.29. The van der Waals surface area contributed by atoms with E-state index < -0.39 is 17.5 Å². The molecule has 0 spiro atoms. The van der Waals surface area contributed by atoms with Crippen LogP contribution in [0.3, 0.4) is 0 Å². The summed E-state index contributed by atoms with van der Waals surface area (Å²) < 4.78 is 13.2. The van der Waals surface area contributed by atoms with Gasteiger partial charge in [0.1, 0.15) is 12.0 Å². The number of aromatic amines is 1. The summed E-state index contributed by atoms with van der Waals surface area (Å²) in [6, 6.07) is 5.45. The summed E-state index contributed by atoms with van der Waals surface area (Å²) >= 11 is 0. The molecular weight excluding hydrogens is 335 g/mol. The molecule has 1 aromatic carbocycles. The molecule has 1 aliphatic heterocycles. The summed E-state index contributed by atoms with van der Waals surface area (Å²) in [5.41, 5.74) is 3.00. The number of H-pyrrole nitrogens is 1. The van der Waals surface area contributed by atoms with E-state index in [-0.39, 0.29) is 5.91 Å². The first-order valence-corrected chi connectivity index (χ1v) is 8.44. The smallest absolute Gasteiger partial charge is 0.257 e. The third-order valence-corrected chi connectivity index (χ3v) is 4.68. The average Bonchev–Trinajstić information content (AvgIpc) is 2.94. The number of aryl methyl sites for hydroxylation is 1. The van der Waals surface area contributed by atoms with Crippen molar-refractivity contribution in [3.63, 3.8) is 0 Å². The number of nitrogens with zero attached hydrogens (tertiary/aromatic N) is 2. The molecule has 2 aromatic rings. The van der Waals surface area contributed by atoms with E-state index in [1.807, 2.05) is 20.8 Å². The van der Waals surface area contributed by atoms with Crippen LogP contribution in [0.1, 0.15) is 41.2 Å². The van der Waals surface area contributed by atoms with Gasteiger partial charge in [0, 0.05) is 40.6 Å². The summed E-state index contributed by atoms with van der Waals surface area (Å²) in [6.07, 6.45) is 0.648. The minimum Gasteiger partial charge on any atom is -0.374 e. The third kappa shape index (κ3) is 3.15. The zero-order valence-electron chi connectivity index (χ0n) is 15.3. The van der Waals surface area contributed by atoms with Gasteiger partial charge in [0.25, 0.3) is 5.91 Å². The quantitative estimate of drug-likeness (QED) is 0.735. The molecule has 26 heavy (non-hydrogen) atoms. The maximum absolute atomic E-state index is 13.2. The van der Waals surface area contributed by atoms with E-state index >= 15 is 0 Å². The molecule has 0 bridgehead atoms. The number of halogens is 1. The molecule has 0 radical (unpaired) electrons. The molecule has 0 fully saturated rings. The van der Waals surface area contributed by atoms with Gasteiger partial charge in [-0.3, -0.25) is 15.2 Å². The van der Waals surface area contributed by atoms with Crippen molar-refractivity contribution in [3.05, 3.63) is 58.8 Å². The molecule has 138 valence electrons. The average molecular weight is 358 g/mol. The van der Waals surface area contributed by atoms with Crippen LogP contribution >= 0.6 is 0 Å². The highest BCUT2D eigenvalue weighted by molar-refractivity contribution is 5.96. The topological polar surface area (TPSA) is 81.2 Å². The highest BCUT2D eigenvalue weighted by Gasteiger charge is 2.37. The van der Waals surface area contributed by atoms with Crippen LogP contribution < -0.4 is 5.32 Å². The molecule has 1 aromatic heterocycles. The number of hydrogen-bond donors (Lipinski definition) is 3. The predicted molar refractivity (Wildman–Crippen MR) is 96.8 cm³/mol. The summed E-state index contributed by atoms with van der Waals surface area (Å²) in [7, 11) is 1.63. The lowest BCUT2D eigenvalue weighted by molar-refractivity contribution is 0.0799. The molecular formula is C19H23FN4O2. The monoisotopic (exact) mass is 358 g/mol. The van der Waals surface area contributed by atoms with Crippen molar-refractivity contribution >= 4 is 11.5 Å². The zero-order chi connectivity index (χ0) is 19.1. The molecule has 1 aliphatic rings. The molecule has 7 heteroatoms. The van der Waals surface area contributed by atoms with Crippen LogP contribution in [0.5, 0.6) is 0 Å². The molecule has 3 rings (SSSR count). The number of aliphatic hydroxyl groups is 1. The summed E-state index contributed by atoms with van der Waals surface area (Å²) in [5, 5.41) is 20.6. The van der Waals surface area contributed by atoms with Gasteiger partial charge in [-0.05, 0) is 38.2 Å². The second kappa shape index (κ2) is 6.66. The summed E-state index contributed by atoms with van der Waals surface area (Å²) in [6.45, 7) is 6.38. The molecule has 1 atom stereocenters. The summed E-state index contributed by atoms with van der Waals surface area (Å²) in [4.78, 5) is 14.6. The molecule has 0 aliphatic carbocycles. The van der Waals surface area contributed by atoms with Gasteiger partial charge in [-0.1, -0.05) is 13.8 Å². The number of benzene rings is 1. The Hall–Kier alpha value is -2.51. The Kier molecular flexibility index (Phi) is 4.68. The lowest BCUT2D eigenvalue weighted by Crippen LogP contribution is -2.37. The Labute approximate surface area is 151 Å². The number of hydrogen-bond acceptors (Lipinski definition) is 4. The van der Waals surface area contributed by atoms with Crippen LogP contribution in [-0.2, 0) is 5.41 Å². The fraction of sp³-hybridized carbons (Fsp3) is 0.368. The fourth-order valence-corrected chi connectivity index (χ4v) is 3.49. The second-order valence-electron chi connectivity index (χ2n) is 7.17. The number of rotatable bonds is 3. The number of aromatic nitrogens is 2. The van der Waals surface area contributed by atoms with Crippen LogP contribution in [0, 0.1) is 12.7 Å². The van der Waals surface area contributed by atoms with Crippen molar-refractivity contribution in [2.75, 3.05) is 13.6 Å². The van der Waals surface area contributed by atoms with Crippen LogP contribution in [0.2, 0.25) is 0 Å². The number of fused-ring (bicyclic) bond motifs is 1. The van der Waals surface area contributed by atoms with Crippen LogP contribution in [0.15, 0.2) is 30.5 Å². The Morgan fingerprint density at radius 3 is 2.65 bits per heavy atom. The predicted octanol–water partition coefficient (Wildman–Crippen LogP) is 2.17. The van der Waals surface area contributed by atoms with Crippen molar-refractivity contribution in [1.82, 2.24) is 20.4 Å². The molecule has 0 saturated heterocycles. The Morgan fingerprint density at radius 2 is 2.04 bits per heavy atom. The van der Waals surface area contributed by atoms with Gasteiger partial charge in [0.15, 0.2) is 0 Å². The normalized spacial score (nSPS) is 17.3. The van der Waals surface area contributed by atoms with Gasteiger partial charge in [-0.25, -0.2) is 4.39 Å². The number of amides is 1. The maximum Gasteiger partial charge on any atom is 0.257 e. The highest BCUT2D eigenvalue weighted by Crippen LogP contribution is 2.37. The van der Waals surface area contributed by atoms with E-state index in [0.29, 0.717) is 23.4 Å². The molecule has 0 saturated carbocycles. The third-order valence-electron chi connectivity index (χ3n) is 4.68. The van der Waals surface area contributed by atoms with Gasteiger partial charge >= 0.3 is 0 Å². The zero-order valence-corrected chi connectivity index (χ0v) is 15.3. The van der Waals surface area contributed by atoms with Gasteiger partial charge in [0.2, 0.25) is 0 Å². The van der Waals surface area contributed by atoms with Crippen molar-refractivity contribution in [2.45, 2.75) is 32.4 Å². The Balaban J connectivity index is 2.10.